The fourth-order valence-corrected chi connectivity index (χ4v) is 2.66. The summed E-state index contributed by atoms with van der Waals surface area (Å²) in [5.41, 5.74) is 0.434. The van der Waals surface area contributed by atoms with Gasteiger partial charge in [-0.25, -0.2) is 0 Å². The van der Waals surface area contributed by atoms with Crippen LogP contribution < -0.4 is 5.32 Å². The third-order valence-electron chi connectivity index (χ3n) is 2.56. The molecular formula is C13H9BrF3NOS. The minimum absolute atomic E-state index is 0.185. The molecule has 0 unspecified atom stereocenters. The fraction of sp³-hybridized carbons (Fsp3) is 0.154. The number of alkyl halides is 3. The molecule has 0 fully saturated rings. The largest absolute Gasteiger partial charge is 0.416 e. The lowest BCUT2D eigenvalue weighted by atomic mass is 10.1. The maximum absolute atomic E-state index is 12.4. The van der Waals surface area contributed by atoms with E-state index in [0.29, 0.717) is 11.1 Å². The van der Waals surface area contributed by atoms with E-state index in [2.05, 4.69) is 21.2 Å². The smallest absolute Gasteiger partial charge is 0.348 e. The van der Waals surface area contributed by atoms with Crippen molar-refractivity contribution in [2.75, 3.05) is 0 Å². The molecule has 2 aromatic rings. The summed E-state index contributed by atoms with van der Waals surface area (Å²) in [7, 11) is 0. The van der Waals surface area contributed by atoms with E-state index in [-0.39, 0.29) is 12.5 Å². The van der Waals surface area contributed by atoms with Crippen molar-refractivity contribution >= 4 is 33.2 Å². The van der Waals surface area contributed by atoms with Crippen molar-refractivity contribution in [1.29, 1.82) is 0 Å². The molecule has 0 aliphatic heterocycles. The molecule has 2 rings (SSSR count). The van der Waals surface area contributed by atoms with Crippen LogP contribution in [0.1, 0.15) is 21.5 Å². The monoisotopic (exact) mass is 363 g/mol. The number of carbonyl (C=O) groups excluding carboxylic acids is 1. The molecule has 2 nitrogen and oxygen atoms in total. The van der Waals surface area contributed by atoms with E-state index in [0.717, 1.165) is 15.9 Å². The predicted molar refractivity (Wildman–Crippen MR) is 74.6 cm³/mol. The average molecular weight is 364 g/mol. The Balaban J connectivity index is 1.96. The van der Waals surface area contributed by atoms with E-state index < -0.39 is 11.7 Å². The van der Waals surface area contributed by atoms with Crippen molar-refractivity contribution in [3.63, 3.8) is 0 Å². The number of hydrogen-bond acceptors (Lipinski definition) is 2. The van der Waals surface area contributed by atoms with Crippen LogP contribution in [0.4, 0.5) is 13.2 Å². The molecule has 0 aliphatic carbocycles. The van der Waals surface area contributed by atoms with Crippen LogP contribution in [0.3, 0.4) is 0 Å². The van der Waals surface area contributed by atoms with Crippen LogP contribution in [0.2, 0.25) is 0 Å². The van der Waals surface area contributed by atoms with Crippen LogP contribution in [0, 0.1) is 0 Å². The molecule has 106 valence electrons. The van der Waals surface area contributed by atoms with Gasteiger partial charge in [0.25, 0.3) is 5.91 Å². The highest BCUT2D eigenvalue weighted by atomic mass is 79.9. The molecule has 0 radical (unpaired) electrons. The molecule has 1 heterocycles. The van der Waals surface area contributed by atoms with Crippen molar-refractivity contribution in [3.8, 4) is 0 Å². The lowest BCUT2D eigenvalue weighted by molar-refractivity contribution is -0.137. The van der Waals surface area contributed by atoms with Gasteiger partial charge in [0.05, 0.1) is 14.9 Å². The molecule has 7 heteroatoms. The maximum Gasteiger partial charge on any atom is 0.416 e. The second kappa shape index (κ2) is 5.97. The topological polar surface area (TPSA) is 29.1 Å². The Labute approximate surface area is 125 Å². The summed E-state index contributed by atoms with van der Waals surface area (Å²) in [5, 5.41) is 4.35. The van der Waals surface area contributed by atoms with E-state index in [1.807, 2.05) is 0 Å². The second-order valence-corrected chi connectivity index (χ2v) is 6.31. The van der Waals surface area contributed by atoms with Crippen LogP contribution in [0.25, 0.3) is 0 Å². The first-order valence-corrected chi connectivity index (χ1v) is 7.22. The van der Waals surface area contributed by atoms with Gasteiger partial charge in [0.1, 0.15) is 0 Å². The van der Waals surface area contributed by atoms with Gasteiger partial charge in [0.15, 0.2) is 0 Å². The van der Waals surface area contributed by atoms with Gasteiger partial charge in [-0.2, -0.15) is 13.2 Å². The molecule has 1 aromatic carbocycles. The highest BCUT2D eigenvalue weighted by molar-refractivity contribution is 9.11. The van der Waals surface area contributed by atoms with Crippen LogP contribution in [0.15, 0.2) is 39.5 Å². The van der Waals surface area contributed by atoms with Crippen molar-refractivity contribution in [3.05, 3.63) is 56.2 Å². The number of hydrogen-bond donors (Lipinski definition) is 1. The van der Waals surface area contributed by atoms with Crippen LogP contribution in [0.5, 0.6) is 0 Å². The maximum atomic E-state index is 12.4. The quantitative estimate of drug-likeness (QED) is 0.856. The number of carbonyl (C=O) groups is 1. The van der Waals surface area contributed by atoms with Gasteiger partial charge < -0.3 is 5.32 Å². The standard InChI is InChI=1S/C13H9BrF3NOS/c14-11-5-9(7-20-11)12(19)18-6-8-1-3-10(4-2-8)13(15,16)17/h1-5,7H,6H2,(H,18,19). The van der Waals surface area contributed by atoms with Gasteiger partial charge in [-0.15, -0.1) is 11.3 Å². The Morgan fingerprint density at radius 2 is 1.90 bits per heavy atom. The fourth-order valence-electron chi connectivity index (χ4n) is 1.53. The normalized spacial score (nSPS) is 11.4. The van der Waals surface area contributed by atoms with Crippen molar-refractivity contribution in [1.82, 2.24) is 5.32 Å². The van der Waals surface area contributed by atoms with E-state index in [4.69, 9.17) is 0 Å². The Morgan fingerprint density at radius 3 is 2.40 bits per heavy atom. The van der Waals surface area contributed by atoms with Gasteiger partial charge >= 0.3 is 6.18 Å². The Bertz CT molecular complexity index is 607. The molecule has 0 spiro atoms. The SMILES string of the molecule is O=C(NCc1ccc(C(F)(F)F)cc1)c1csc(Br)c1. The Morgan fingerprint density at radius 1 is 1.25 bits per heavy atom. The Hall–Kier alpha value is -1.34. The van der Waals surface area contributed by atoms with E-state index in [1.54, 1.807) is 11.4 Å². The minimum atomic E-state index is -4.34. The lowest BCUT2D eigenvalue weighted by Crippen LogP contribution is -2.22. The predicted octanol–water partition coefficient (Wildman–Crippen LogP) is 4.46. The van der Waals surface area contributed by atoms with Gasteiger partial charge in [0, 0.05) is 11.9 Å². The third kappa shape index (κ3) is 3.83. The number of benzene rings is 1. The summed E-state index contributed by atoms with van der Waals surface area (Å²) in [4.78, 5) is 11.8. The van der Waals surface area contributed by atoms with Crippen molar-refractivity contribution < 1.29 is 18.0 Å². The minimum Gasteiger partial charge on any atom is -0.348 e. The molecule has 0 atom stereocenters. The molecule has 1 aromatic heterocycles. The number of thiophene rings is 1. The zero-order chi connectivity index (χ0) is 14.8. The van der Waals surface area contributed by atoms with Crippen LogP contribution in [-0.4, -0.2) is 5.91 Å². The van der Waals surface area contributed by atoms with Gasteiger partial charge in [0.2, 0.25) is 0 Å². The van der Waals surface area contributed by atoms with E-state index >= 15 is 0 Å². The number of amides is 1. The van der Waals surface area contributed by atoms with Crippen LogP contribution >= 0.6 is 27.3 Å². The average Bonchev–Trinajstić information content (AvgIpc) is 2.82. The highest BCUT2D eigenvalue weighted by Crippen LogP contribution is 2.29. The number of halogens is 4. The van der Waals surface area contributed by atoms with Gasteiger partial charge in [-0.05, 0) is 39.7 Å². The number of nitrogens with one attached hydrogen (secondary N) is 1. The van der Waals surface area contributed by atoms with Crippen molar-refractivity contribution in [2.24, 2.45) is 0 Å². The molecule has 1 N–H and O–H groups in total. The summed E-state index contributed by atoms with van der Waals surface area (Å²) in [6, 6.07) is 6.40. The zero-order valence-corrected chi connectivity index (χ0v) is 12.4. The summed E-state index contributed by atoms with van der Waals surface area (Å²) < 4.78 is 38.0. The first-order valence-electron chi connectivity index (χ1n) is 5.54. The molecule has 0 bridgehead atoms. The second-order valence-electron chi connectivity index (χ2n) is 4.02. The molecule has 0 saturated carbocycles. The van der Waals surface area contributed by atoms with Crippen LogP contribution in [-0.2, 0) is 12.7 Å². The summed E-state index contributed by atoms with van der Waals surface area (Å²) >= 11 is 4.64. The summed E-state index contributed by atoms with van der Waals surface area (Å²) in [5.74, 6) is -0.258. The van der Waals surface area contributed by atoms with Gasteiger partial charge in [-0.1, -0.05) is 12.1 Å². The molecule has 1 amide bonds. The highest BCUT2D eigenvalue weighted by Gasteiger charge is 2.29. The third-order valence-corrected chi connectivity index (χ3v) is 4.07. The lowest BCUT2D eigenvalue weighted by Gasteiger charge is -2.08. The Kier molecular flexibility index (Phi) is 4.49. The van der Waals surface area contributed by atoms with Crippen molar-refractivity contribution in [2.45, 2.75) is 12.7 Å². The molecular weight excluding hydrogens is 355 g/mol. The number of rotatable bonds is 3. The van der Waals surface area contributed by atoms with Gasteiger partial charge in [-0.3, -0.25) is 4.79 Å². The zero-order valence-electron chi connectivity index (χ0n) is 10.00. The first kappa shape index (κ1) is 15.1. The van der Waals surface area contributed by atoms with E-state index in [9.17, 15) is 18.0 Å². The first-order chi connectivity index (χ1) is 9.36. The summed E-state index contributed by atoms with van der Waals surface area (Å²) in [6.07, 6.45) is -4.34. The molecule has 0 saturated heterocycles. The summed E-state index contributed by atoms with van der Waals surface area (Å²) in [6.45, 7) is 0.185. The van der Waals surface area contributed by atoms with E-state index in [1.165, 1.54) is 23.5 Å². The molecule has 0 aliphatic rings. The molecule has 20 heavy (non-hydrogen) atoms.